The average Bonchev–Trinajstić information content (AvgIpc) is 2.81. The molecule has 0 amide bonds. The number of piperidine rings is 2. The molecule has 0 N–H and O–H groups in total. The van der Waals surface area contributed by atoms with Crippen LogP contribution < -0.4 is 0 Å². The fourth-order valence-corrected chi connectivity index (χ4v) is 6.19. The Bertz CT molecular complexity index is 507. The molecule has 0 aromatic rings. The summed E-state index contributed by atoms with van der Waals surface area (Å²) in [5, 5.41) is 0. The summed E-state index contributed by atoms with van der Waals surface area (Å²) >= 11 is 0. The molecular formula is C28H55N3O2. The lowest BCUT2D eigenvalue weighted by Gasteiger charge is -2.38. The van der Waals surface area contributed by atoms with E-state index in [0.29, 0.717) is 6.10 Å². The topological polar surface area (TPSA) is 28.2 Å². The van der Waals surface area contributed by atoms with Crippen molar-refractivity contribution in [3.63, 3.8) is 0 Å². The zero-order valence-corrected chi connectivity index (χ0v) is 22.6. The highest BCUT2D eigenvalue weighted by Crippen LogP contribution is 2.26. The van der Waals surface area contributed by atoms with Crippen LogP contribution in [-0.2, 0) is 9.47 Å². The van der Waals surface area contributed by atoms with Gasteiger partial charge in [-0.3, -0.25) is 0 Å². The maximum absolute atomic E-state index is 5.84. The molecule has 0 bridgehead atoms. The standard InChI is InChI=1S/C14H28N2O.C14H27NO/c1-12(2)13-4-6-16(7-5-13)11-14-10-15(3)8-9-17-14;1-12(2)14-5-7-15(8-6-14)10-13-4-3-9-16-11-13/h12-14H,4-11H2,1-3H3;12-14H,3-11H2,1-2H3. The lowest BCUT2D eigenvalue weighted by molar-refractivity contribution is -0.0401. The minimum Gasteiger partial charge on any atom is -0.381 e. The summed E-state index contributed by atoms with van der Waals surface area (Å²) in [6.07, 6.45) is 8.65. The van der Waals surface area contributed by atoms with Gasteiger partial charge in [0.2, 0.25) is 0 Å². The van der Waals surface area contributed by atoms with Crippen molar-refractivity contribution in [1.29, 1.82) is 0 Å². The molecule has 2 unspecified atom stereocenters. The maximum Gasteiger partial charge on any atom is 0.0829 e. The van der Waals surface area contributed by atoms with Crippen molar-refractivity contribution in [3.05, 3.63) is 0 Å². The van der Waals surface area contributed by atoms with E-state index in [9.17, 15) is 0 Å². The van der Waals surface area contributed by atoms with Gasteiger partial charge in [-0.1, -0.05) is 27.7 Å². The normalized spacial score (nSPS) is 29.9. The summed E-state index contributed by atoms with van der Waals surface area (Å²) in [7, 11) is 2.19. The third kappa shape index (κ3) is 9.76. The summed E-state index contributed by atoms with van der Waals surface area (Å²) in [5.74, 6) is 4.46. The molecule has 4 saturated heterocycles. The number of likely N-dealkylation sites (N-methyl/N-ethyl adjacent to an activating group) is 1. The Labute approximate surface area is 205 Å². The lowest BCUT2D eigenvalue weighted by atomic mass is 9.86. The van der Waals surface area contributed by atoms with Crippen molar-refractivity contribution in [2.45, 2.75) is 72.3 Å². The van der Waals surface area contributed by atoms with E-state index in [1.54, 1.807) is 0 Å². The molecule has 0 aromatic carbocycles. The van der Waals surface area contributed by atoms with Gasteiger partial charge in [-0.25, -0.2) is 0 Å². The first kappa shape index (κ1) is 27.4. The summed E-state index contributed by atoms with van der Waals surface area (Å²) in [6.45, 7) is 22.1. The van der Waals surface area contributed by atoms with Crippen LogP contribution in [0.15, 0.2) is 0 Å². The fourth-order valence-electron chi connectivity index (χ4n) is 6.19. The molecule has 33 heavy (non-hydrogen) atoms. The Kier molecular flexibility index (Phi) is 11.9. The highest BCUT2D eigenvalue weighted by atomic mass is 16.5. The highest BCUT2D eigenvalue weighted by molar-refractivity contribution is 4.79. The molecule has 0 aromatic heterocycles. The number of ether oxygens (including phenoxy) is 2. The number of rotatable bonds is 6. The molecule has 0 aliphatic carbocycles. The molecule has 0 spiro atoms. The van der Waals surface area contributed by atoms with Gasteiger partial charge < -0.3 is 24.2 Å². The molecule has 194 valence electrons. The predicted molar refractivity (Wildman–Crippen MR) is 139 cm³/mol. The van der Waals surface area contributed by atoms with Crippen LogP contribution in [-0.4, -0.2) is 100 Å². The Morgan fingerprint density at radius 3 is 1.79 bits per heavy atom. The molecule has 0 saturated carbocycles. The van der Waals surface area contributed by atoms with E-state index in [1.807, 2.05) is 0 Å². The van der Waals surface area contributed by atoms with Gasteiger partial charge in [0, 0.05) is 32.8 Å². The molecule has 4 heterocycles. The molecule has 2 atom stereocenters. The number of hydrogen-bond acceptors (Lipinski definition) is 5. The summed E-state index contributed by atoms with van der Waals surface area (Å²) in [6, 6.07) is 0. The van der Waals surface area contributed by atoms with E-state index in [1.165, 1.54) is 71.2 Å². The van der Waals surface area contributed by atoms with Crippen molar-refractivity contribution in [2.24, 2.45) is 29.6 Å². The van der Waals surface area contributed by atoms with Crippen LogP contribution >= 0.6 is 0 Å². The van der Waals surface area contributed by atoms with Gasteiger partial charge in [-0.2, -0.15) is 0 Å². The Morgan fingerprint density at radius 1 is 0.727 bits per heavy atom. The number of nitrogens with zero attached hydrogens (tertiary/aromatic N) is 3. The Balaban J connectivity index is 0.000000186. The predicted octanol–water partition coefficient (Wildman–Crippen LogP) is 4.47. The third-order valence-corrected chi connectivity index (χ3v) is 8.72. The summed E-state index contributed by atoms with van der Waals surface area (Å²) in [4.78, 5) is 7.65. The van der Waals surface area contributed by atoms with Crippen LogP contribution in [0.4, 0.5) is 0 Å². The minimum absolute atomic E-state index is 0.435. The van der Waals surface area contributed by atoms with Crippen LogP contribution in [0.25, 0.3) is 0 Å². The summed E-state index contributed by atoms with van der Waals surface area (Å²) in [5.41, 5.74) is 0. The molecule has 0 radical (unpaired) electrons. The van der Waals surface area contributed by atoms with Crippen molar-refractivity contribution >= 4 is 0 Å². The quantitative estimate of drug-likeness (QED) is 0.577. The van der Waals surface area contributed by atoms with Gasteiger partial charge in [0.05, 0.1) is 19.3 Å². The van der Waals surface area contributed by atoms with Gasteiger partial charge in [0.15, 0.2) is 0 Å². The monoisotopic (exact) mass is 465 g/mol. The lowest BCUT2D eigenvalue weighted by Crippen LogP contribution is -2.47. The SMILES string of the molecule is CC(C)C1CCN(CC2CCCOC2)CC1.CC(C)C1CCN(CC2CN(C)CCO2)CC1. The van der Waals surface area contributed by atoms with Gasteiger partial charge in [0.1, 0.15) is 0 Å². The van der Waals surface area contributed by atoms with Gasteiger partial charge in [0.25, 0.3) is 0 Å². The second kappa shape index (κ2) is 14.4. The molecule has 4 rings (SSSR count). The minimum atomic E-state index is 0.435. The van der Waals surface area contributed by atoms with E-state index in [-0.39, 0.29) is 0 Å². The maximum atomic E-state index is 5.84. The van der Waals surface area contributed by atoms with Crippen LogP contribution in [0.1, 0.15) is 66.2 Å². The second-order valence-electron chi connectivity index (χ2n) is 12.1. The van der Waals surface area contributed by atoms with E-state index in [0.717, 1.165) is 69.0 Å². The first-order chi connectivity index (χ1) is 15.9. The van der Waals surface area contributed by atoms with Crippen LogP contribution in [0, 0.1) is 29.6 Å². The van der Waals surface area contributed by atoms with Crippen molar-refractivity contribution in [3.8, 4) is 0 Å². The molecule has 5 nitrogen and oxygen atoms in total. The number of morpholine rings is 1. The van der Waals surface area contributed by atoms with Crippen molar-refractivity contribution in [2.75, 3.05) is 79.2 Å². The Hall–Kier alpha value is -0.200. The number of likely N-dealkylation sites (tertiary alicyclic amines) is 2. The zero-order chi connectivity index (χ0) is 23.6. The van der Waals surface area contributed by atoms with E-state index >= 15 is 0 Å². The van der Waals surface area contributed by atoms with Crippen LogP contribution in [0.3, 0.4) is 0 Å². The second-order valence-corrected chi connectivity index (χ2v) is 12.1. The highest BCUT2D eigenvalue weighted by Gasteiger charge is 2.26. The van der Waals surface area contributed by atoms with Gasteiger partial charge in [-0.15, -0.1) is 0 Å². The van der Waals surface area contributed by atoms with Crippen molar-refractivity contribution < 1.29 is 9.47 Å². The largest absolute Gasteiger partial charge is 0.381 e. The third-order valence-electron chi connectivity index (χ3n) is 8.72. The molecular weight excluding hydrogens is 410 g/mol. The molecule has 4 fully saturated rings. The Morgan fingerprint density at radius 2 is 1.30 bits per heavy atom. The van der Waals surface area contributed by atoms with Gasteiger partial charge >= 0.3 is 0 Å². The molecule has 5 heteroatoms. The first-order valence-electron chi connectivity index (χ1n) is 14.2. The van der Waals surface area contributed by atoms with Crippen LogP contribution in [0.5, 0.6) is 0 Å². The van der Waals surface area contributed by atoms with E-state index < -0.39 is 0 Å². The molecule has 4 aliphatic rings. The van der Waals surface area contributed by atoms with Gasteiger partial charge in [-0.05, 0) is 101 Å². The zero-order valence-electron chi connectivity index (χ0n) is 22.6. The van der Waals surface area contributed by atoms with E-state index in [4.69, 9.17) is 9.47 Å². The molecule has 4 aliphatic heterocycles. The fraction of sp³-hybridized carbons (Fsp3) is 1.00. The summed E-state index contributed by atoms with van der Waals surface area (Å²) < 4.78 is 11.4. The van der Waals surface area contributed by atoms with Crippen LogP contribution in [0.2, 0.25) is 0 Å². The average molecular weight is 466 g/mol. The van der Waals surface area contributed by atoms with E-state index in [2.05, 4.69) is 49.4 Å². The first-order valence-corrected chi connectivity index (χ1v) is 14.2. The number of hydrogen-bond donors (Lipinski definition) is 0. The van der Waals surface area contributed by atoms with Crippen molar-refractivity contribution in [1.82, 2.24) is 14.7 Å². The smallest absolute Gasteiger partial charge is 0.0829 e.